The number of hydrogen-bond donors (Lipinski definition) is 3. The molecule has 1 aliphatic heterocycles. The number of fused-ring (bicyclic) bond motifs is 1. The lowest BCUT2D eigenvalue weighted by Crippen LogP contribution is -2.20. The molecule has 2 aromatic carbocycles. The fraction of sp³-hybridized carbons (Fsp3) is 0.133. The second-order valence-corrected chi connectivity index (χ2v) is 4.70. The molecule has 20 heavy (non-hydrogen) atoms. The van der Waals surface area contributed by atoms with Crippen molar-refractivity contribution in [3.8, 4) is 23.0 Å². The number of ether oxygens (including phenoxy) is 1. The molecule has 0 saturated carbocycles. The topological polar surface area (TPSA) is 87.0 Å². The molecule has 5 heteroatoms. The van der Waals surface area contributed by atoms with E-state index < -0.39 is 5.97 Å². The monoisotopic (exact) mass is 272 g/mol. The molecule has 102 valence electrons. The zero-order valence-electron chi connectivity index (χ0n) is 10.4. The van der Waals surface area contributed by atoms with Crippen LogP contribution in [0.15, 0.2) is 36.4 Å². The summed E-state index contributed by atoms with van der Waals surface area (Å²) in [7, 11) is 0. The predicted octanol–water partition coefficient (Wildman–Crippen LogP) is 2.24. The SMILES string of the molecule is O=C1C[C@@H](c2ccc(O)c(O)c2)c2ccc(O)cc2O1. The van der Waals surface area contributed by atoms with E-state index in [4.69, 9.17) is 4.74 Å². The molecule has 1 heterocycles. The third-order valence-electron chi connectivity index (χ3n) is 3.37. The van der Waals surface area contributed by atoms with E-state index in [-0.39, 0.29) is 29.6 Å². The summed E-state index contributed by atoms with van der Waals surface area (Å²) >= 11 is 0. The van der Waals surface area contributed by atoms with Crippen LogP contribution in [0.4, 0.5) is 0 Å². The van der Waals surface area contributed by atoms with Crippen LogP contribution in [0.5, 0.6) is 23.0 Å². The first-order valence-corrected chi connectivity index (χ1v) is 6.10. The second-order valence-electron chi connectivity index (χ2n) is 4.70. The fourth-order valence-corrected chi connectivity index (χ4v) is 2.39. The van der Waals surface area contributed by atoms with Crippen LogP contribution in [0.3, 0.4) is 0 Å². The molecule has 0 unspecified atom stereocenters. The molecule has 0 spiro atoms. The molecule has 5 nitrogen and oxygen atoms in total. The second kappa shape index (κ2) is 4.45. The Labute approximate surface area is 114 Å². The van der Waals surface area contributed by atoms with E-state index in [1.807, 2.05) is 0 Å². The summed E-state index contributed by atoms with van der Waals surface area (Å²) in [6.45, 7) is 0. The molecular weight excluding hydrogens is 260 g/mol. The molecule has 2 aromatic rings. The smallest absolute Gasteiger partial charge is 0.312 e. The molecule has 1 aliphatic rings. The zero-order chi connectivity index (χ0) is 14.3. The van der Waals surface area contributed by atoms with Gasteiger partial charge in [0.1, 0.15) is 11.5 Å². The number of rotatable bonds is 1. The van der Waals surface area contributed by atoms with Crippen molar-refractivity contribution in [3.05, 3.63) is 47.5 Å². The summed E-state index contributed by atoms with van der Waals surface area (Å²) in [4.78, 5) is 11.7. The number of carbonyl (C=O) groups excluding carboxylic acids is 1. The Morgan fingerprint density at radius 2 is 1.80 bits per heavy atom. The van der Waals surface area contributed by atoms with Gasteiger partial charge in [0.05, 0.1) is 6.42 Å². The number of benzene rings is 2. The van der Waals surface area contributed by atoms with E-state index in [0.717, 1.165) is 5.56 Å². The Balaban J connectivity index is 2.10. The first-order chi connectivity index (χ1) is 9.54. The molecule has 3 rings (SSSR count). The van der Waals surface area contributed by atoms with Crippen LogP contribution >= 0.6 is 0 Å². The number of esters is 1. The van der Waals surface area contributed by atoms with Gasteiger partial charge in [-0.05, 0) is 23.8 Å². The number of carbonyl (C=O) groups is 1. The minimum absolute atomic E-state index is 0.0192. The Hall–Kier alpha value is -2.69. The standard InChI is InChI=1S/C15H12O5/c16-9-2-3-10-11(7-15(19)20-14(10)6-9)8-1-4-12(17)13(18)5-8/h1-6,11,16-18H,7H2/t11-/m0/s1. The van der Waals surface area contributed by atoms with Crippen molar-refractivity contribution in [2.75, 3.05) is 0 Å². The van der Waals surface area contributed by atoms with Gasteiger partial charge in [-0.15, -0.1) is 0 Å². The van der Waals surface area contributed by atoms with Gasteiger partial charge in [-0.2, -0.15) is 0 Å². The van der Waals surface area contributed by atoms with Gasteiger partial charge in [-0.25, -0.2) is 0 Å². The minimum atomic E-state index is -0.402. The van der Waals surface area contributed by atoms with Crippen molar-refractivity contribution in [1.29, 1.82) is 0 Å². The van der Waals surface area contributed by atoms with Crippen molar-refractivity contribution in [2.24, 2.45) is 0 Å². The van der Waals surface area contributed by atoms with Crippen molar-refractivity contribution in [3.63, 3.8) is 0 Å². The number of phenolic OH excluding ortho intramolecular Hbond substituents is 3. The molecule has 0 saturated heterocycles. The van der Waals surface area contributed by atoms with Crippen LogP contribution < -0.4 is 4.74 Å². The van der Waals surface area contributed by atoms with Crippen molar-refractivity contribution < 1.29 is 24.9 Å². The maximum Gasteiger partial charge on any atom is 0.312 e. The Kier molecular flexibility index (Phi) is 2.75. The molecule has 0 aliphatic carbocycles. The van der Waals surface area contributed by atoms with Crippen LogP contribution in [-0.4, -0.2) is 21.3 Å². The molecule has 0 radical (unpaired) electrons. The summed E-state index contributed by atoms with van der Waals surface area (Å²) < 4.78 is 5.11. The van der Waals surface area contributed by atoms with Crippen LogP contribution in [-0.2, 0) is 4.79 Å². The quantitative estimate of drug-likeness (QED) is 0.421. The van der Waals surface area contributed by atoms with Gasteiger partial charge in [0.15, 0.2) is 11.5 Å². The van der Waals surface area contributed by atoms with E-state index in [2.05, 4.69) is 0 Å². The van der Waals surface area contributed by atoms with Crippen molar-refractivity contribution >= 4 is 5.97 Å². The summed E-state index contributed by atoms with van der Waals surface area (Å²) in [6.07, 6.45) is 0.141. The number of phenols is 3. The number of hydrogen-bond acceptors (Lipinski definition) is 5. The Bertz CT molecular complexity index is 693. The lowest BCUT2D eigenvalue weighted by Gasteiger charge is -2.25. The molecule has 0 bridgehead atoms. The first-order valence-electron chi connectivity index (χ1n) is 6.10. The normalized spacial score (nSPS) is 17.4. The molecular formula is C15H12O5. The summed E-state index contributed by atoms with van der Waals surface area (Å²) in [5, 5.41) is 28.4. The molecule has 0 fully saturated rings. The van der Waals surface area contributed by atoms with Gasteiger partial charge in [0.2, 0.25) is 0 Å². The number of aromatic hydroxyl groups is 3. The lowest BCUT2D eigenvalue weighted by atomic mass is 9.86. The highest BCUT2D eigenvalue weighted by atomic mass is 16.5. The van der Waals surface area contributed by atoms with Crippen molar-refractivity contribution in [1.82, 2.24) is 0 Å². The first kappa shape index (κ1) is 12.3. The predicted molar refractivity (Wildman–Crippen MR) is 70.0 cm³/mol. The van der Waals surface area contributed by atoms with Crippen LogP contribution in [0, 0.1) is 0 Å². The third-order valence-corrected chi connectivity index (χ3v) is 3.37. The van der Waals surface area contributed by atoms with Gasteiger partial charge in [-0.3, -0.25) is 4.79 Å². The maximum absolute atomic E-state index is 11.7. The highest BCUT2D eigenvalue weighted by molar-refractivity contribution is 5.78. The third kappa shape index (κ3) is 2.03. The summed E-state index contributed by atoms with van der Waals surface area (Å²) in [5.74, 6) is -0.789. The highest BCUT2D eigenvalue weighted by Crippen LogP contribution is 2.41. The summed E-state index contributed by atoms with van der Waals surface area (Å²) in [6, 6.07) is 9.05. The van der Waals surface area contributed by atoms with Crippen molar-refractivity contribution in [2.45, 2.75) is 12.3 Å². The van der Waals surface area contributed by atoms with E-state index >= 15 is 0 Å². The van der Waals surface area contributed by atoms with E-state index in [9.17, 15) is 20.1 Å². The highest BCUT2D eigenvalue weighted by Gasteiger charge is 2.29. The van der Waals surface area contributed by atoms with Crippen LogP contribution in [0.2, 0.25) is 0 Å². The lowest BCUT2D eigenvalue weighted by molar-refractivity contribution is -0.135. The Morgan fingerprint density at radius 1 is 1.00 bits per heavy atom. The van der Waals surface area contributed by atoms with Gasteiger partial charge < -0.3 is 20.1 Å². The minimum Gasteiger partial charge on any atom is -0.508 e. The van der Waals surface area contributed by atoms with E-state index in [0.29, 0.717) is 11.3 Å². The zero-order valence-corrected chi connectivity index (χ0v) is 10.4. The van der Waals surface area contributed by atoms with Gasteiger partial charge in [0, 0.05) is 17.5 Å². The average Bonchev–Trinajstić information content (AvgIpc) is 2.40. The van der Waals surface area contributed by atoms with Crippen LogP contribution in [0.1, 0.15) is 23.5 Å². The van der Waals surface area contributed by atoms with Gasteiger partial charge >= 0.3 is 5.97 Å². The molecule has 0 amide bonds. The fourth-order valence-electron chi connectivity index (χ4n) is 2.39. The maximum atomic E-state index is 11.7. The molecule has 0 aromatic heterocycles. The van der Waals surface area contributed by atoms with E-state index in [1.54, 1.807) is 12.1 Å². The van der Waals surface area contributed by atoms with E-state index in [1.165, 1.54) is 24.3 Å². The average molecular weight is 272 g/mol. The Morgan fingerprint density at radius 3 is 2.55 bits per heavy atom. The van der Waals surface area contributed by atoms with Crippen LogP contribution in [0.25, 0.3) is 0 Å². The van der Waals surface area contributed by atoms with Gasteiger partial charge in [-0.1, -0.05) is 12.1 Å². The van der Waals surface area contributed by atoms with Gasteiger partial charge in [0.25, 0.3) is 0 Å². The molecule has 3 N–H and O–H groups in total. The largest absolute Gasteiger partial charge is 0.508 e. The summed E-state index contributed by atoms with van der Waals surface area (Å²) in [5.41, 5.74) is 1.45. The molecule has 1 atom stereocenters.